The Hall–Kier alpha value is -2.85. The van der Waals surface area contributed by atoms with Gasteiger partial charge in [0.1, 0.15) is 12.0 Å². The molecule has 0 bridgehead atoms. The van der Waals surface area contributed by atoms with E-state index in [4.69, 9.17) is 4.52 Å². The smallest absolute Gasteiger partial charge is 0.290 e. The molecule has 146 valence electrons. The Morgan fingerprint density at radius 2 is 2.11 bits per heavy atom. The van der Waals surface area contributed by atoms with Crippen LogP contribution in [0.5, 0.6) is 0 Å². The van der Waals surface area contributed by atoms with Gasteiger partial charge in [0.2, 0.25) is 11.7 Å². The summed E-state index contributed by atoms with van der Waals surface area (Å²) >= 11 is 1.58. The van der Waals surface area contributed by atoms with Gasteiger partial charge in [-0.2, -0.15) is 4.98 Å². The van der Waals surface area contributed by atoms with Crippen molar-refractivity contribution in [3.8, 4) is 10.7 Å². The van der Waals surface area contributed by atoms with Crippen molar-refractivity contribution in [1.82, 2.24) is 20.0 Å². The molecule has 0 spiro atoms. The zero-order valence-electron chi connectivity index (χ0n) is 15.6. The Morgan fingerprint density at radius 1 is 1.32 bits per heavy atom. The molecule has 3 aromatic rings. The predicted molar refractivity (Wildman–Crippen MR) is 105 cm³/mol. The van der Waals surface area contributed by atoms with Crippen LogP contribution < -0.4 is 4.90 Å². The van der Waals surface area contributed by atoms with Crippen LogP contribution in [0.3, 0.4) is 0 Å². The maximum Gasteiger partial charge on any atom is 0.290 e. The molecule has 0 aromatic carbocycles. The number of rotatable bonds is 5. The van der Waals surface area contributed by atoms with Crippen LogP contribution in [0.25, 0.3) is 10.7 Å². The van der Waals surface area contributed by atoms with Gasteiger partial charge in [-0.05, 0) is 31.4 Å². The number of pyridine rings is 1. The van der Waals surface area contributed by atoms with E-state index in [0.29, 0.717) is 17.3 Å². The number of nitrogens with zero attached hydrogens (tertiary/aromatic N) is 6. The van der Waals surface area contributed by atoms with Crippen molar-refractivity contribution < 1.29 is 9.45 Å². The van der Waals surface area contributed by atoms with Crippen LogP contribution in [0.1, 0.15) is 24.4 Å². The van der Waals surface area contributed by atoms with Crippen molar-refractivity contribution in [2.45, 2.75) is 19.9 Å². The van der Waals surface area contributed by atoms with Gasteiger partial charge in [-0.15, -0.1) is 11.3 Å². The average Bonchev–Trinajstić information content (AvgIpc) is 3.39. The quantitative estimate of drug-likeness (QED) is 0.475. The maximum absolute atomic E-state index is 11.0. The Bertz CT molecular complexity index is 966. The van der Waals surface area contributed by atoms with Crippen LogP contribution in [-0.4, -0.2) is 51.1 Å². The van der Waals surface area contributed by atoms with Crippen LogP contribution in [-0.2, 0) is 0 Å². The first-order chi connectivity index (χ1) is 13.5. The van der Waals surface area contributed by atoms with Gasteiger partial charge in [0.05, 0.1) is 15.8 Å². The summed E-state index contributed by atoms with van der Waals surface area (Å²) in [6.45, 7) is 6.99. The Labute approximate surface area is 165 Å². The van der Waals surface area contributed by atoms with Crippen molar-refractivity contribution in [3.05, 3.63) is 51.3 Å². The standard InChI is InChI=1S/C18H20N6O3S/c1-12-10-16(19-11-14(12)24(25)26)23-7-5-22(6-8-23)13(2)18-20-17(21-27-18)15-4-3-9-28-15/h3-4,9-11,13H,5-8H2,1-2H3. The number of thiophene rings is 1. The molecule has 1 aliphatic rings. The number of hydrogen-bond acceptors (Lipinski definition) is 9. The fourth-order valence-electron chi connectivity index (χ4n) is 3.30. The fourth-order valence-corrected chi connectivity index (χ4v) is 3.95. The minimum absolute atomic E-state index is 0.0231. The van der Waals surface area contributed by atoms with E-state index in [9.17, 15) is 10.1 Å². The zero-order valence-corrected chi connectivity index (χ0v) is 16.4. The lowest BCUT2D eigenvalue weighted by atomic mass is 10.2. The molecule has 3 aromatic heterocycles. The summed E-state index contributed by atoms with van der Waals surface area (Å²) in [5.74, 6) is 2.01. The van der Waals surface area contributed by atoms with E-state index in [1.807, 2.05) is 17.5 Å². The third-order valence-corrected chi connectivity index (χ3v) is 5.86. The number of hydrogen-bond donors (Lipinski definition) is 0. The zero-order chi connectivity index (χ0) is 19.7. The van der Waals surface area contributed by atoms with E-state index >= 15 is 0 Å². The minimum Gasteiger partial charge on any atom is -0.354 e. The summed E-state index contributed by atoms with van der Waals surface area (Å²) in [4.78, 5) is 24.8. The second-order valence-electron chi connectivity index (χ2n) is 6.72. The average molecular weight is 400 g/mol. The van der Waals surface area contributed by atoms with Gasteiger partial charge in [-0.3, -0.25) is 15.0 Å². The van der Waals surface area contributed by atoms with Crippen molar-refractivity contribution in [2.24, 2.45) is 0 Å². The molecule has 1 unspecified atom stereocenters. The molecule has 0 saturated carbocycles. The SMILES string of the molecule is Cc1cc(N2CCN(C(C)c3nc(-c4cccs4)no3)CC2)ncc1[N+](=O)[O-]. The van der Waals surface area contributed by atoms with E-state index in [1.54, 1.807) is 24.3 Å². The number of aryl methyl sites for hydroxylation is 1. The van der Waals surface area contributed by atoms with Gasteiger partial charge in [0, 0.05) is 31.7 Å². The van der Waals surface area contributed by atoms with Crippen molar-refractivity contribution in [1.29, 1.82) is 0 Å². The first-order valence-corrected chi connectivity index (χ1v) is 9.88. The normalized spacial score (nSPS) is 16.3. The molecule has 1 aliphatic heterocycles. The lowest BCUT2D eigenvalue weighted by Crippen LogP contribution is -2.47. The Kier molecular flexibility index (Phi) is 5.05. The van der Waals surface area contributed by atoms with Crippen LogP contribution in [0.2, 0.25) is 0 Å². The second kappa shape index (κ2) is 7.64. The molecular weight excluding hydrogens is 380 g/mol. The summed E-state index contributed by atoms with van der Waals surface area (Å²) in [6, 6.07) is 5.74. The molecule has 4 rings (SSSR count). The second-order valence-corrected chi connectivity index (χ2v) is 7.67. The molecule has 0 N–H and O–H groups in total. The van der Waals surface area contributed by atoms with Crippen molar-refractivity contribution in [3.63, 3.8) is 0 Å². The van der Waals surface area contributed by atoms with Gasteiger partial charge in [0.25, 0.3) is 5.69 Å². The lowest BCUT2D eigenvalue weighted by molar-refractivity contribution is -0.385. The molecule has 9 nitrogen and oxygen atoms in total. The summed E-state index contributed by atoms with van der Waals surface area (Å²) in [6.07, 6.45) is 1.34. The van der Waals surface area contributed by atoms with E-state index in [0.717, 1.165) is 36.9 Å². The highest BCUT2D eigenvalue weighted by atomic mass is 32.1. The minimum atomic E-state index is -0.402. The molecular formula is C18H20N6O3S. The van der Waals surface area contributed by atoms with Crippen LogP contribution >= 0.6 is 11.3 Å². The summed E-state index contributed by atoms with van der Waals surface area (Å²) < 4.78 is 5.48. The number of aromatic nitrogens is 3. The molecule has 10 heteroatoms. The molecule has 1 fully saturated rings. The maximum atomic E-state index is 11.0. The highest BCUT2D eigenvalue weighted by molar-refractivity contribution is 7.13. The van der Waals surface area contributed by atoms with E-state index < -0.39 is 4.92 Å². The summed E-state index contributed by atoms with van der Waals surface area (Å²) in [5, 5.41) is 17.0. The molecule has 28 heavy (non-hydrogen) atoms. The van der Waals surface area contributed by atoms with Crippen molar-refractivity contribution in [2.75, 3.05) is 31.1 Å². The fraction of sp³-hybridized carbons (Fsp3) is 0.389. The van der Waals surface area contributed by atoms with Crippen LogP contribution in [0.4, 0.5) is 11.5 Å². The van der Waals surface area contributed by atoms with Gasteiger partial charge in [0.15, 0.2) is 0 Å². The topological polar surface area (TPSA) is 101 Å². The van der Waals surface area contributed by atoms with Gasteiger partial charge in [-0.1, -0.05) is 11.2 Å². The monoisotopic (exact) mass is 400 g/mol. The third kappa shape index (κ3) is 3.60. The van der Waals surface area contributed by atoms with Gasteiger partial charge >= 0.3 is 0 Å². The highest BCUT2D eigenvalue weighted by Gasteiger charge is 2.27. The first-order valence-electron chi connectivity index (χ1n) is 9.00. The Morgan fingerprint density at radius 3 is 2.75 bits per heavy atom. The molecule has 0 amide bonds. The molecule has 4 heterocycles. The molecule has 1 atom stereocenters. The van der Waals surface area contributed by atoms with Crippen molar-refractivity contribution >= 4 is 22.8 Å². The van der Waals surface area contributed by atoms with E-state index in [2.05, 4.69) is 31.8 Å². The third-order valence-electron chi connectivity index (χ3n) is 4.99. The highest BCUT2D eigenvalue weighted by Crippen LogP contribution is 2.27. The van der Waals surface area contributed by atoms with E-state index in [1.165, 1.54) is 6.20 Å². The number of nitro groups is 1. The first kappa shape index (κ1) is 18.5. The predicted octanol–water partition coefficient (Wildman–Crippen LogP) is 3.29. The largest absolute Gasteiger partial charge is 0.354 e. The molecule has 0 aliphatic carbocycles. The molecule has 1 saturated heterocycles. The van der Waals surface area contributed by atoms with Crippen LogP contribution in [0.15, 0.2) is 34.3 Å². The van der Waals surface area contributed by atoms with Crippen LogP contribution in [0, 0.1) is 17.0 Å². The number of anilines is 1. The Balaban J connectivity index is 1.40. The molecule has 0 radical (unpaired) electrons. The summed E-state index contributed by atoms with van der Waals surface area (Å²) in [5.41, 5.74) is 0.673. The van der Waals surface area contributed by atoms with Gasteiger partial charge in [-0.25, -0.2) is 4.98 Å². The number of piperazine rings is 1. The lowest BCUT2D eigenvalue weighted by Gasteiger charge is -2.37. The van der Waals surface area contributed by atoms with E-state index in [-0.39, 0.29) is 11.7 Å². The summed E-state index contributed by atoms with van der Waals surface area (Å²) in [7, 11) is 0. The van der Waals surface area contributed by atoms with Gasteiger partial charge < -0.3 is 9.42 Å².